The van der Waals surface area contributed by atoms with E-state index in [4.69, 9.17) is 0 Å². The van der Waals surface area contributed by atoms with E-state index in [1.165, 1.54) is 45.4 Å². The van der Waals surface area contributed by atoms with Gasteiger partial charge in [-0.25, -0.2) is 0 Å². The van der Waals surface area contributed by atoms with Crippen LogP contribution < -0.4 is 5.32 Å². The maximum absolute atomic E-state index is 3.53. The van der Waals surface area contributed by atoms with Crippen molar-refractivity contribution in [1.82, 2.24) is 10.2 Å². The Hall–Kier alpha value is -0.0800. The molecule has 0 radical (unpaired) electrons. The van der Waals surface area contributed by atoms with Gasteiger partial charge in [-0.3, -0.25) is 4.90 Å². The van der Waals surface area contributed by atoms with Crippen LogP contribution >= 0.6 is 0 Å². The first kappa shape index (κ1) is 7.34. The van der Waals surface area contributed by atoms with Gasteiger partial charge < -0.3 is 5.32 Å². The van der Waals surface area contributed by atoms with E-state index in [-0.39, 0.29) is 0 Å². The van der Waals surface area contributed by atoms with Crippen LogP contribution in [0.25, 0.3) is 0 Å². The van der Waals surface area contributed by atoms with Gasteiger partial charge in [-0.2, -0.15) is 0 Å². The number of fused-ring (bicyclic) bond motifs is 3. The number of hydrogen-bond donors (Lipinski definition) is 1. The summed E-state index contributed by atoms with van der Waals surface area (Å²) in [7, 11) is 0. The Labute approximate surface area is 74.3 Å². The zero-order valence-corrected chi connectivity index (χ0v) is 7.63. The van der Waals surface area contributed by atoms with Crippen LogP contribution in [-0.4, -0.2) is 37.1 Å². The van der Waals surface area contributed by atoms with Crippen molar-refractivity contribution in [3.8, 4) is 0 Å². The lowest BCUT2D eigenvalue weighted by molar-refractivity contribution is 0.172. The Bertz CT molecular complexity index is 181. The average molecular weight is 166 g/mol. The Balaban J connectivity index is 1.79. The fourth-order valence-corrected chi connectivity index (χ4v) is 3.43. The molecule has 3 aliphatic rings. The molecule has 0 aliphatic carbocycles. The zero-order chi connectivity index (χ0) is 7.97. The predicted molar refractivity (Wildman–Crippen MR) is 49.1 cm³/mol. The fourth-order valence-electron chi connectivity index (χ4n) is 3.43. The molecule has 0 bridgehead atoms. The van der Waals surface area contributed by atoms with E-state index in [0.717, 1.165) is 17.9 Å². The molecule has 3 aliphatic heterocycles. The lowest BCUT2D eigenvalue weighted by atomic mass is 9.90. The van der Waals surface area contributed by atoms with Crippen LogP contribution in [0.1, 0.15) is 19.3 Å². The monoisotopic (exact) mass is 166 g/mol. The zero-order valence-electron chi connectivity index (χ0n) is 7.63. The van der Waals surface area contributed by atoms with Gasteiger partial charge >= 0.3 is 0 Å². The number of piperidine rings is 1. The molecule has 2 nitrogen and oxygen atoms in total. The first-order valence-electron chi connectivity index (χ1n) is 5.40. The Kier molecular flexibility index (Phi) is 1.66. The summed E-state index contributed by atoms with van der Waals surface area (Å²) < 4.78 is 0. The summed E-state index contributed by atoms with van der Waals surface area (Å²) in [4.78, 5) is 2.75. The highest BCUT2D eigenvalue weighted by Gasteiger charge is 2.44. The molecule has 1 N–H and O–H groups in total. The van der Waals surface area contributed by atoms with Crippen LogP contribution in [0, 0.1) is 11.8 Å². The molecule has 0 aromatic rings. The van der Waals surface area contributed by atoms with Crippen molar-refractivity contribution in [3.63, 3.8) is 0 Å². The first-order valence-corrected chi connectivity index (χ1v) is 5.40. The van der Waals surface area contributed by atoms with E-state index >= 15 is 0 Å². The molecular weight excluding hydrogens is 148 g/mol. The summed E-state index contributed by atoms with van der Waals surface area (Å²) in [6.07, 6.45) is 4.40. The van der Waals surface area contributed by atoms with Crippen molar-refractivity contribution >= 4 is 0 Å². The second-order valence-electron chi connectivity index (χ2n) is 4.64. The van der Waals surface area contributed by atoms with E-state index in [0.29, 0.717) is 0 Å². The van der Waals surface area contributed by atoms with Gasteiger partial charge in [0.2, 0.25) is 0 Å². The lowest BCUT2D eigenvalue weighted by Crippen LogP contribution is -2.39. The largest absolute Gasteiger partial charge is 0.316 e. The van der Waals surface area contributed by atoms with Crippen molar-refractivity contribution in [2.45, 2.75) is 25.3 Å². The molecule has 0 unspecified atom stereocenters. The minimum Gasteiger partial charge on any atom is -0.316 e. The molecule has 3 heterocycles. The third kappa shape index (κ3) is 0.944. The van der Waals surface area contributed by atoms with Crippen LogP contribution in [0.15, 0.2) is 0 Å². The molecule has 2 heteroatoms. The molecule has 0 aromatic carbocycles. The fraction of sp³-hybridized carbons (Fsp3) is 1.00. The molecule has 0 aromatic heterocycles. The molecule has 3 rings (SSSR count). The Morgan fingerprint density at radius 3 is 3.17 bits per heavy atom. The summed E-state index contributed by atoms with van der Waals surface area (Å²) in [5, 5.41) is 3.53. The van der Waals surface area contributed by atoms with Gasteiger partial charge in [-0.05, 0) is 44.3 Å². The van der Waals surface area contributed by atoms with E-state index in [1.54, 1.807) is 0 Å². The third-order valence-corrected chi connectivity index (χ3v) is 4.02. The average Bonchev–Trinajstić information content (AvgIpc) is 2.62. The molecule has 0 saturated carbocycles. The molecular formula is C10H18N2. The molecule has 12 heavy (non-hydrogen) atoms. The standard InChI is InChI=1S/C10H18N2/c1-2-4-12-7-8-5-11-6-9(8)10(12)3-1/h8-11H,1-7H2/t8-,9-,10-/m0/s1. The molecule has 0 amide bonds. The van der Waals surface area contributed by atoms with Gasteiger partial charge in [-0.15, -0.1) is 0 Å². The topological polar surface area (TPSA) is 15.3 Å². The van der Waals surface area contributed by atoms with Crippen LogP contribution in [0.3, 0.4) is 0 Å². The van der Waals surface area contributed by atoms with Crippen LogP contribution in [0.2, 0.25) is 0 Å². The number of rotatable bonds is 0. The third-order valence-electron chi connectivity index (χ3n) is 4.02. The SMILES string of the molecule is C1CCN2C[C@@H]3CNC[C@@H]3[C@@H]2C1. The van der Waals surface area contributed by atoms with Gasteiger partial charge in [0.25, 0.3) is 0 Å². The smallest absolute Gasteiger partial charge is 0.0139 e. The summed E-state index contributed by atoms with van der Waals surface area (Å²) >= 11 is 0. The molecule has 3 fully saturated rings. The Morgan fingerprint density at radius 2 is 2.17 bits per heavy atom. The normalized spacial score (nSPS) is 47.5. The number of nitrogens with zero attached hydrogens (tertiary/aromatic N) is 1. The Morgan fingerprint density at radius 1 is 1.17 bits per heavy atom. The molecule has 68 valence electrons. The highest BCUT2D eigenvalue weighted by molar-refractivity contribution is 4.99. The van der Waals surface area contributed by atoms with Crippen molar-refractivity contribution in [2.75, 3.05) is 26.2 Å². The van der Waals surface area contributed by atoms with Gasteiger partial charge in [0.1, 0.15) is 0 Å². The summed E-state index contributed by atoms with van der Waals surface area (Å²) in [5.74, 6) is 2.00. The van der Waals surface area contributed by atoms with Crippen molar-refractivity contribution < 1.29 is 0 Å². The second kappa shape index (κ2) is 2.71. The highest BCUT2D eigenvalue weighted by Crippen LogP contribution is 2.37. The van der Waals surface area contributed by atoms with Gasteiger partial charge in [-0.1, -0.05) is 6.42 Å². The maximum atomic E-state index is 3.53. The van der Waals surface area contributed by atoms with E-state index in [9.17, 15) is 0 Å². The molecule has 3 saturated heterocycles. The first-order chi connectivity index (χ1) is 5.95. The molecule has 0 spiro atoms. The van der Waals surface area contributed by atoms with Gasteiger partial charge in [0.15, 0.2) is 0 Å². The quantitative estimate of drug-likeness (QED) is 0.569. The van der Waals surface area contributed by atoms with E-state index in [1.807, 2.05) is 0 Å². The lowest BCUT2D eigenvalue weighted by Gasteiger charge is -2.31. The summed E-state index contributed by atoms with van der Waals surface area (Å²) in [5.41, 5.74) is 0. The van der Waals surface area contributed by atoms with Crippen LogP contribution in [-0.2, 0) is 0 Å². The summed E-state index contributed by atoms with van der Waals surface area (Å²) in [6, 6.07) is 0.957. The highest BCUT2D eigenvalue weighted by atomic mass is 15.2. The van der Waals surface area contributed by atoms with Crippen molar-refractivity contribution in [2.24, 2.45) is 11.8 Å². The number of nitrogens with one attached hydrogen (secondary N) is 1. The summed E-state index contributed by atoms with van der Waals surface area (Å²) in [6.45, 7) is 5.36. The van der Waals surface area contributed by atoms with E-state index in [2.05, 4.69) is 10.2 Å². The van der Waals surface area contributed by atoms with Gasteiger partial charge in [0.05, 0.1) is 0 Å². The minimum atomic E-state index is 0.957. The van der Waals surface area contributed by atoms with E-state index < -0.39 is 0 Å². The van der Waals surface area contributed by atoms with Crippen LogP contribution in [0.4, 0.5) is 0 Å². The minimum absolute atomic E-state index is 0.957. The van der Waals surface area contributed by atoms with Crippen LogP contribution in [0.5, 0.6) is 0 Å². The predicted octanol–water partition coefficient (Wildman–Crippen LogP) is 0.690. The van der Waals surface area contributed by atoms with Crippen molar-refractivity contribution in [3.05, 3.63) is 0 Å². The van der Waals surface area contributed by atoms with Crippen molar-refractivity contribution in [1.29, 1.82) is 0 Å². The molecule has 3 atom stereocenters. The second-order valence-corrected chi connectivity index (χ2v) is 4.64. The number of hydrogen-bond acceptors (Lipinski definition) is 2. The van der Waals surface area contributed by atoms with Gasteiger partial charge in [0, 0.05) is 12.6 Å². The maximum Gasteiger partial charge on any atom is 0.0139 e.